The average molecular weight is 815 g/mol. The molecule has 1 heterocycles. The second-order valence-corrected chi connectivity index (χ2v) is 16.6. The van der Waals surface area contributed by atoms with Crippen molar-refractivity contribution in [2.75, 3.05) is 4.90 Å². The van der Waals surface area contributed by atoms with Gasteiger partial charge in [0.05, 0.1) is 11.0 Å². The van der Waals surface area contributed by atoms with Gasteiger partial charge >= 0.3 is 0 Å². The van der Waals surface area contributed by atoms with Gasteiger partial charge in [0, 0.05) is 33.5 Å². The number of hydrogen-bond donors (Lipinski definition) is 0. The molecule has 0 unspecified atom stereocenters. The summed E-state index contributed by atoms with van der Waals surface area (Å²) in [7, 11) is 0. The number of aromatic nitrogens is 1. The molecule has 12 rings (SSSR count). The third kappa shape index (κ3) is 6.70. The van der Waals surface area contributed by atoms with Gasteiger partial charge in [0.1, 0.15) is 0 Å². The molecule has 64 heavy (non-hydrogen) atoms. The fourth-order valence-electron chi connectivity index (χ4n) is 9.58. The fourth-order valence-corrected chi connectivity index (χ4v) is 9.58. The maximum absolute atomic E-state index is 2.49. The number of anilines is 3. The Labute approximate surface area is 373 Å². The van der Waals surface area contributed by atoms with Gasteiger partial charge in [-0.05, 0) is 139 Å². The van der Waals surface area contributed by atoms with E-state index in [0.717, 1.165) is 33.9 Å². The molecular formula is C62H42N2. The Balaban J connectivity index is 0.965. The largest absolute Gasteiger partial charge is 0.311 e. The molecule has 12 aromatic rings. The van der Waals surface area contributed by atoms with Gasteiger partial charge in [-0.2, -0.15) is 0 Å². The molecule has 0 spiro atoms. The third-order valence-electron chi connectivity index (χ3n) is 12.7. The molecule has 300 valence electrons. The zero-order valence-corrected chi connectivity index (χ0v) is 35.1. The highest BCUT2D eigenvalue weighted by Gasteiger charge is 2.20. The lowest BCUT2D eigenvalue weighted by Gasteiger charge is -2.26. The van der Waals surface area contributed by atoms with Crippen LogP contribution in [-0.2, 0) is 0 Å². The molecule has 0 N–H and O–H groups in total. The van der Waals surface area contributed by atoms with E-state index in [1.54, 1.807) is 0 Å². The first-order valence-electron chi connectivity index (χ1n) is 22.0. The molecule has 0 bridgehead atoms. The topological polar surface area (TPSA) is 8.17 Å². The highest BCUT2D eigenvalue weighted by Crippen LogP contribution is 2.44. The van der Waals surface area contributed by atoms with Crippen molar-refractivity contribution in [1.82, 2.24) is 4.57 Å². The Hall–Kier alpha value is -8.46. The van der Waals surface area contributed by atoms with Crippen LogP contribution in [0.3, 0.4) is 0 Å². The van der Waals surface area contributed by atoms with Crippen LogP contribution in [0.4, 0.5) is 17.1 Å². The Morgan fingerprint density at radius 3 is 0.953 bits per heavy atom. The molecule has 0 aliphatic carbocycles. The van der Waals surface area contributed by atoms with Gasteiger partial charge in [-0.25, -0.2) is 0 Å². The van der Waals surface area contributed by atoms with Gasteiger partial charge in [-0.15, -0.1) is 0 Å². The monoisotopic (exact) mass is 814 g/mol. The summed E-state index contributed by atoms with van der Waals surface area (Å²) < 4.78 is 2.49. The minimum Gasteiger partial charge on any atom is -0.311 e. The predicted molar refractivity (Wildman–Crippen MR) is 271 cm³/mol. The highest BCUT2D eigenvalue weighted by atomic mass is 15.1. The van der Waals surface area contributed by atoms with Crippen LogP contribution >= 0.6 is 0 Å². The first kappa shape index (κ1) is 37.3. The first-order valence-corrected chi connectivity index (χ1v) is 22.0. The van der Waals surface area contributed by atoms with Crippen molar-refractivity contribution in [2.24, 2.45) is 0 Å². The van der Waals surface area contributed by atoms with E-state index in [9.17, 15) is 0 Å². The number of hydrogen-bond acceptors (Lipinski definition) is 1. The Bertz CT molecular complexity index is 3340. The SMILES string of the molecule is c1ccc(-c2ccc(N(c3ccc(-c4ccccc4)cc3)c3ccc(-c4cccc(-n5c6cc(-c7ccccc7)cc7ccc8cc(-c9ccccc9)cc5c8c76)c4)cc3)cc2)cc1. The quantitative estimate of drug-likeness (QED) is 0.132. The van der Waals surface area contributed by atoms with Crippen LogP contribution < -0.4 is 4.90 Å². The van der Waals surface area contributed by atoms with Crippen LogP contribution in [0, 0.1) is 0 Å². The molecule has 2 nitrogen and oxygen atoms in total. The minimum absolute atomic E-state index is 1.09. The third-order valence-corrected chi connectivity index (χ3v) is 12.7. The van der Waals surface area contributed by atoms with Gasteiger partial charge in [0.2, 0.25) is 0 Å². The maximum atomic E-state index is 2.49. The Morgan fingerprint density at radius 1 is 0.234 bits per heavy atom. The zero-order chi connectivity index (χ0) is 42.4. The van der Waals surface area contributed by atoms with Crippen molar-refractivity contribution < 1.29 is 0 Å². The van der Waals surface area contributed by atoms with E-state index in [1.165, 1.54) is 77.1 Å². The van der Waals surface area contributed by atoms with Gasteiger partial charge in [-0.3, -0.25) is 0 Å². The average Bonchev–Trinajstić information content (AvgIpc) is 3.72. The summed E-state index contributed by atoms with van der Waals surface area (Å²) in [5, 5.41) is 5.10. The molecule has 0 radical (unpaired) electrons. The van der Waals surface area contributed by atoms with Crippen LogP contribution in [0.2, 0.25) is 0 Å². The molecule has 0 saturated heterocycles. The van der Waals surface area contributed by atoms with E-state index in [0.29, 0.717) is 0 Å². The highest BCUT2D eigenvalue weighted by molar-refractivity contribution is 6.25. The second kappa shape index (κ2) is 15.8. The summed E-state index contributed by atoms with van der Waals surface area (Å²) in [5.74, 6) is 0. The Morgan fingerprint density at radius 2 is 0.562 bits per heavy atom. The smallest absolute Gasteiger partial charge is 0.0553 e. The summed E-state index contributed by atoms with van der Waals surface area (Å²) in [6.45, 7) is 0. The molecule has 0 atom stereocenters. The summed E-state index contributed by atoms with van der Waals surface area (Å²) in [4.78, 5) is 2.35. The van der Waals surface area contributed by atoms with E-state index < -0.39 is 0 Å². The van der Waals surface area contributed by atoms with E-state index in [-0.39, 0.29) is 0 Å². The minimum atomic E-state index is 1.09. The van der Waals surface area contributed by atoms with Crippen molar-refractivity contribution in [2.45, 2.75) is 0 Å². The summed E-state index contributed by atoms with van der Waals surface area (Å²) >= 11 is 0. The van der Waals surface area contributed by atoms with Crippen molar-refractivity contribution in [1.29, 1.82) is 0 Å². The van der Waals surface area contributed by atoms with Crippen LogP contribution in [0.1, 0.15) is 0 Å². The normalized spacial score (nSPS) is 11.4. The number of rotatable bonds is 9. The molecular weight excluding hydrogens is 773 g/mol. The molecule has 0 amide bonds. The predicted octanol–water partition coefficient (Wildman–Crippen LogP) is 17.2. The molecule has 0 fully saturated rings. The van der Waals surface area contributed by atoms with Crippen molar-refractivity contribution in [3.63, 3.8) is 0 Å². The molecule has 2 heteroatoms. The van der Waals surface area contributed by atoms with Gasteiger partial charge in [0.15, 0.2) is 0 Å². The summed E-state index contributed by atoms with van der Waals surface area (Å²) in [6.07, 6.45) is 0. The van der Waals surface area contributed by atoms with Crippen LogP contribution in [-0.4, -0.2) is 4.57 Å². The van der Waals surface area contributed by atoms with E-state index in [2.05, 4.69) is 264 Å². The first-order chi connectivity index (χ1) is 31.7. The lowest BCUT2D eigenvalue weighted by atomic mass is 9.95. The molecule has 0 saturated carbocycles. The number of benzene rings is 11. The summed E-state index contributed by atoms with van der Waals surface area (Å²) in [5.41, 5.74) is 18.8. The molecule has 11 aromatic carbocycles. The van der Waals surface area contributed by atoms with E-state index >= 15 is 0 Å². The van der Waals surface area contributed by atoms with Gasteiger partial charge < -0.3 is 9.47 Å². The maximum Gasteiger partial charge on any atom is 0.0553 e. The Kier molecular flexibility index (Phi) is 9.20. The summed E-state index contributed by atoms with van der Waals surface area (Å²) in [6, 6.07) is 92.6. The van der Waals surface area contributed by atoms with E-state index in [1.807, 2.05) is 0 Å². The fraction of sp³-hybridized carbons (Fsp3) is 0. The molecule has 0 aliphatic rings. The molecule has 1 aromatic heterocycles. The van der Waals surface area contributed by atoms with Gasteiger partial charge in [0.25, 0.3) is 0 Å². The standard InChI is InChI=1S/C62H42N2/c1-5-14-43(15-6-1)47-26-32-55(33-27-47)63(56-34-28-48(29-35-56)44-16-7-2-8-17-44)57-36-30-49(31-37-57)50-22-13-23-58(40-50)64-59-41-53(45-18-9-3-10-19-45)38-51-24-25-52-39-54(46-20-11-4-12-21-46)42-60(64)62(52)61(51)59/h1-42H. The lowest BCUT2D eigenvalue weighted by molar-refractivity contribution is 1.18. The molecule has 0 aliphatic heterocycles. The number of nitrogens with zero attached hydrogens (tertiary/aromatic N) is 2. The van der Waals surface area contributed by atoms with Crippen molar-refractivity contribution in [3.8, 4) is 61.3 Å². The van der Waals surface area contributed by atoms with Crippen molar-refractivity contribution >= 4 is 49.6 Å². The van der Waals surface area contributed by atoms with Crippen LogP contribution in [0.15, 0.2) is 255 Å². The van der Waals surface area contributed by atoms with Crippen LogP contribution in [0.5, 0.6) is 0 Å². The second-order valence-electron chi connectivity index (χ2n) is 16.6. The van der Waals surface area contributed by atoms with E-state index in [4.69, 9.17) is 0 Å². The van der Waals surface area contributed by atoms with Crippen molar-refractivity contribution in [3.05, 3.63) is 255 Å². The lowest BCUT2D eigenvalue weighted by Crippen LogP contribution is -2.09. The van der Waals surface area contributed by atoms with Crippen LogP contribution in [0.25, 0.3) is 93.9 Å². The zero-order valence-electron chi connectivity index (χ0n) is 35.1. The van der Waals surface area contributed by atoms with Gasteiger partial charge in [-0.1, -0.05) is 182 Å².